The fraction of sp³-hybridized carbons (Fsp3) is 0.316. The second-order valence-corrected chi connectivity index (χ2v) is 6.58. The molecule has 2 heterocycles. The summed E-state index contributed by atoms with van der Waals surface area (Å²) in [5.41, 5.74) is 1.76. The zero-order valence-corrected chi connectivity index (χ0v) is 14.8. The number of rotatable bonds is 5. The van der Waals surface area contributed by atoms with Crippen molar-refractivity contribution in [3.05, 3.63) is 59.4 Å². The van der Waals surface area contributed by atoms with Crippen LogP contribution in [0.15, 0.2) is 48.7 Å². The summed E-state index contributed by atoms with van der Waals surface area (Å²) in [7, 11) is 1.77. The third-order valence-corrected chi connectivity index (χ3v) is 4.75. The highest BCUT2D eigenvalue weighted by Crippen LogP contribution is 2.25. The van der Waals surface area contributed by atoms with Gasteiger partial charge in [0.2, 0.25) is 11.8 Å². The molecule has 1 atom stereocenters. The van der Waals surface area contributed by atoms with E-state index < -0.39 is 0 Å². The van der Waals surface area contributed by atoms with Crippen molar-refractivity contribution in [3.63, 3.8) is 0 Å². The van der Waals surface area contributed by atoms with Gasteiger partial charge in [-0.3, -0.25) is 9.59 Å². The Hall–Kier alpha value is -2.40. The van der Waals surface area contributed by atoms with E-state index in [-0.39, 0.29) is 17.9 Å². The van der Waals surface area contributed by atoms with Gasteiger partial charge in [0.25, 0.3) is 0 Å². The normalized spacial score (nSPS) is 17.0. The van der Waals surface area contributed by atoms with E-state index in [1.165, 1.54) is 0 Å². The third kappa shape index (κ3) is 4.17. The lowest BCUT2D eigenvalue weighted by atomic mass is 10.1. The first kappa shape index (κ1) is 17.4. The van der Waals surface area contributed by atoms with Crippen LogP contribution in [0.3, 0.4) is 0 Å². The molecule has 1 aromatic carbocycles. The molecule has 1 fully saturated rings. The Morgan fingerprint density at radius 2 is 2.04 bits per heavy atom. The first-order valence-electron chi connectivity index (χ1n) is 8.26. The van der Waals surface area contributed by atoms with E-state index >= 15 is 0 Å². The Kier molecular flexibility index (Phi) is 5.34. The second kappa shape index (κ2) is 7.66. The van der Waals surface area contributed by atoms with Crippen molar-refractivity contribution >= 4 is 29.1 Å². The van der Waals surface area contributed by atoms with E-state index in [0.29, 0.717) is 31.0 Å². The minimum Gasteiger partial charge on any atom is -0.335 e. The monoisotopic (exact) mass is 357 g/mol. The van der Waals surface area contributed by atoms with Crippen molar-refractivity contribution in [2.75, 3.05) is 11.9 Å². The van der Waals surface area contributed by atoms with Crippen molar-refractivity contribution in [1.82, 2.24) is 9.88 Å². The number of likely N-dealkylation sites (tertiary alicyclic amines) is 1. The van der Waals surface area contributed by atoms with Gasteiger partial charge in [-0.15, -0.1) is 0 Å². The summed E-state index contributed by atoms with van der Waals surface area (Å²) in [6, 6.07) is 13.0. The van der Waals surface area contributed by atoms with Crippen LogP contribution in [0.4, 0.5) is 5.69 Å². The molecule has 6 heteroatoms. The summed E-state index contributed by atoms with van der Waals surface area (Å²) in [6.45, 7) is 0.454. The van der Waals surface area contributed by atoms with Gasteiger partial charge in [-0.1, -0.05) is 35.9 Å². The topological polar surface area (TPSA) is 53.5 Å². The molecule has 5 nitrogen and oxygen atoms in total. The minimum atomic E-state index is -0.0816. The number of amides is 2. The minimum absolute atomic E-state index is 0.00475. The van der Waals surface area contributed by atoms with Crippen molar-refractivity contribution in [3.8, 4) is 0 Å². The molecule has 1 unspecified atom stereocenters. The van der Waals surface area contributed by atoms with Crippen molar-refractivity contribution < 1.29 is 9.59 Å². The van der Waals surface area contributed by atoms with E-state index in [4.69, 9.17) is 11.6 Å². The fourth-order valence-corrected chi connectivity index (χ4v) is 3.17. The van der Waals surface area contributed by atoms with Gasteiger partial charge in [-0.25, -0.2) is 4.98 Å². The molecule has 2 amide bonds. The quantitative estimate of drug-likeness (QED) is 0.772. The molecule has 2 aromatic rings. The van der Waals surface area contributed by atoms with Crippen molar-refractivity contribution in [1.29, 1.82) is 0 Å². The zero-order valence-electron chi connectivity index (χ0n) is 14.1. The molecule has 1 aromatic heterocycles. The van der Waals surface area contributed by atoms with Gasteiger partial charge in [0.05, 0.1) is 0 Å². The van der Waals surface area contributed by atoms with Gasteiger partial charge in [-0.2, -0.15) is 0 Å². The number of para-hydroxylation sites is 1. The standard InChI is InChI=1S/C19H20ClN3O2/c1-22(15-5-3-2-4-6-15)19(25)11-16-8-10-18(24)23(16)13-14-7-9-17(20)21-12-14/h2-7,9,12,16H,8,10-11,13H2,1H3. The van der Waals surface area contributed by atoms with Crippen LogP contribution >= 0.6 is 11.6 Å². The Morgan fingerprint density at radius 3 is 2.72 bits per heavy atom. The Bertz CT molecular complexity index is 749. The van der Waals surface area contributed by atoms with E-state index in [9.17, 15) is 9.59 Å². The van der Waals surface area contributed by atoms with Crippen LogP contribution in [-0.2, 0) is 16.1 Å². The summed E-state index contributed by atoms with van der Waals surface area (Å²) in [6.07, 6.45) is 3.17. The van der Waals surface area contributed by atoms with Gasteiger partial charge in [0, 0.05) is 44.4 Å². The summed E-state index contributed by atoms with van der Waals surface area (Å²) >= 11 is 5.81. The van der Waals surface area contributed by atoms with Crippen LogP contribution in [0.1, 0.15) is 24.8 Å². The highest BCUT2D eigenvalue weighted by atomic mass is 35.5. The smallest absolute Gasteiger partial charge is 0.228 e. The van der Waals surface area contributed by atoms with E-state index in [2.05, 4.69) is 4.98 Å². The van der Waals surface area contributed by atoms with Gasteiger partial charge in [0.1, 0.15) is 5.15 Å². The number of pyridine rings is 1. The lowest BCUT2D eigenvalue weighted by Crippen LogP contribution is -2.37. The van der Waals surface area contributed by atoms with Gasteiger partial charge in [0.15, 0.2) is 0 Å². The molecule has 0 radical (unpaired) electrons. The number of carbonyl (C=O) groups excluding carboxylic acids is 2. The molecule has 1 aliphatic heterocycles. The maximum atomic E-state index is 12.6. The van der Waals surface area contributed by atoms with Gasteiger partial charge < -0.3 is 9.80 Å². The van der Waals surface area contributed by atoms with E-state index in [1.807, 2.05) is 36.4 Å². The molecule has 25 heavy (non-hydrogen) atoms. The Balaban J connectivity index is 1.67. The predicted octanol–water partition coefficient (Wildman–Crippen LogP) is 3.28. The molecular formula is C19H20ClN3O2. The number of halogens is 1. The van der Waals surface area contributed by atoms with Gasteiger partial charge >= 0.3 is 0 Å². The summed E-state index contributed by atoms with van der Waals surface area (Å²) in [4.78, 5) is 32.3. The molecule has 0 bridgehead atoms. The molecule has 1 saturated heterocycles. The van der Waals surface area contributed by atoms with Crippen LogP contribution in [0.5, 0.6) is 0 Å². The van der Waals surface area contributed by atoms with Crippen LogP contribution in [0.2, 0.25) is 5.15 Å². The molecule has 0 saturated carbocycles. The van der Waals surface area contributed by atoms with Crippen LogP contribution in [0.25, 0.3) is 0 Å². The van der Waals surface area contributed by atoms with Crippen molar-refractivity contribution in [2.45, 2.75) is 31.8 Å². The molecule has 0 aliphatic carbocycles. The average Bonchev–Trinajstić information content (AvgIpc) is 2.97. The molecular weight excluding hydrogens is 338 g/mol. The van der Waals surface area contributed by atoms with E-state index in [0.717, 1.165) is 11.3 Å². The molecule has 1 aliphatic rings. The summed E-state index contributed by atoms with van der Waals surface area (Å²) in [5.74, 6) is 0.0836. The SMILES string of the molecule is CN(C(=O)CC1CCC(=O)N1Cc1ccc(Cl)nc1)c1ccccc1. The predicted molar refractivity (Wildman–Crippen MR) is 97.3 cm³/mol. The third-order valence-electron chi connectivity index (χ3n) is 4.52. The number of hydrogen-bond donors (Lipinski definition) is 0. The lowest BCUT2D eigenvalue weighted by molar-refractivity contribution is -0.130. The highest BCUT2D eigenvalue weighted by molar-refractivity contribution is 6.29. The molecule has 3 rings (SSSR count). The number of anilines is 1. The molecule has 0 spiro atoms. The Morgan fingerprint density at radius 1 is 1.28 bits per heavy atom. The average molecular weight is 358 g/mol. The summed E-state index contributed by atoms with van der Waals surface area (Å²) in [5, 5.41) is 0.424. The van der Waals surface area contributed by atoms with Crippen LogP contribution < -0.4 is 4.90 Å². The lowest BCUT2D eigenvalue weighted by Gasteiger charge is -2.26. The Labute approximate surface area is 152 Å². The maximum absolute atomic E-state index is 12.6. The number of hydrogen-bond acceptors (Lipinski definition) is 3. The maximum Gasteiger partial charge on any atom is 0.228 e. The fourth-order valence-electron chi connectivity index (χ4n) is 3.05. The second-order valence-electron chi connectivity index (χ2n) is 6.20. The highest BCUT2D eigenvalue weighted by Gasteiger charge is 2.33. The molecule has 0 N–H and O–H groups in total. The molecule has 130 valence electrons. The van der Waals surface area contributed by atoms with Gasteiger partial charge in [-0.05, 0) is 30.2 Å². The number of carbonyl (C=O) groups is 2. The first-order valence-corrected chi connectivity index (χ1v) is 8.64. The van der Waals surface area contributed by atoms with Crippen LogP contribution in [-0.4, -0.2) is 34.8 Å². The van der Waals surface area contributed by atoms with Crippen LogP contribution in [0, 0.1) is 0 Å². The number of aromatic nitrogens is 1. The number of nitrogens with zero attached hydrogens (tertiary/aromatic N) is 3. The summed E-state index contributed by atoms with van der Waals surface area (Å²) < 4.78 is 0. The van der Waals surface area contributed by atoms with Crippen molar-refractivity contribution in [2.24, 2.45) is 0 Å². The van der Waals surface area contributed by atoms with E-state index in [1.54, 1.807) is 29.1 Å². The zero-order chi connectivity index (χ0) is 17.8. The largest absolute Gasteiger partial charge is 0.335 e. The first-order chi connectivity index (χ1) is 12.0. The number of benzene rings is 1.